The molecule has 0 saturated carbocycles. The Bertz CT molecular complexity index is 696. The minimum atomic E-state index is -0.396. The lowest BCUT2D eigenvalue weighted by Crippen LogP contribution is -2.20. The first-order valence-electron chi connectivity index (χ1n) is 6.21. The summed E-state index contributed by atoms with van der Waals surface area (Å²) in [6.07, 6.45) is 0. The highest BCUT2D eigenvalue weighted by atomic mass is 79.9. The molecule has 0 atom stereocenters. The van der Waals surface area contributed by atoms with E-state index in [2.05, 4.69) is 21.2 Å². The quantitative estimate of drug-likeness (QED) is 0.832. The smallest absolute Gasteiger partial charge is 0.262 e. The first kappa shape index (κ1) is 16.6. The predicted octanol–water partition coefficient (Wildman–Crippen LogP) is 4.27. The van der Waals surface area contributed by atoms with Gasteiger partial charge in [-0.25, -0.2) is 4.39 Å². The Morgan fingerprint density at radius 3 is 2.68 bits per heavy atom. The Balaban J connectivity index is 2.00. The van der Waals surface area contributed by atoms with Crippen LogP contribution in [0, 0.1) is 5.82 Å². The number of hydrogen-bond acceptors (Lipinski definition) is 3. The van der Waals surface area contributed by atoms with Crippen molar-refractivity contribution in [1.82, 2.24) is 0 Å². The third-order valence-corrected chi connectivity index (χ3v) is 3.54. The summed E-state index contributed by atoms with van der Waals surface area (Å²) < 4.78 is 23.9. The summed E-state index contributed by atoms with van der Waals surface area (Å²) in [7, 11) is 1.49. The van der Waals surface area contributed by atoms with Crippen LogP contribution < -0.4 is 14.8 Å². The zero-order valence-electron chi connectivity index (χ0n) is 11.5. The second-order valence-electron chi connectivity index (χ2n) is 4.26. The van der Waals surface area contributed by atoms with E-state index >= 15 is 0 Å². The normalized spacial score (nSPS) is 10.2. The van der Waals surface area contributed by atoms with Gasteiger partial charge in [0.2, 0.25) is 0 Å². The van der Waals surface area contributed by atoms with Crippen LogP contribution in [-0.2, 0) is 4.79 Å². The lowest BCUT2D eigenvalue weighted by atomic mass is 10.3. The maximum Gasteiger partial charge on any atom is 0.262 e. The molecule has 0 bridgehead atoms. The van der Waals surface area contributed by atoms with Gasteiger partial charge in [0, 0.05) is 5.02 Å². The lowest BCUT2D eigenvalue weighted by molar-refractivity contribution is -0.118. The molecular weight excluding hydrogens is 377 g/mol. The number of ether oxygens (including phenoxy) is 2. The highest BCUT2D eigenvalue weighted by molar-refractivity contribution is 9.10. The topological polar surface area (TPSA) is 47.6 Å². The predicted molar refractivity (Wildman–Crippen MR) is 86.2 cm³/mol. The number of amides is 1. The number of carbonyl (C=O) groups excluding carboxylic acids is 1. The molecule has 7 heteroatoms. The van der Waals surface area contributed by atoms with Crippen molar-refractivity contribution in [2.75, 3.05) is 19.0 Å². The summed E-state index contributed by atoms with van der Waals surface area (Å²) in [5.41, 5.74) is 0.446. The van der Waals surface area contributed by atoms with E-state index in [9.17, 15) is 9.18 Å². The zero-order chi connectivity index (χ0) is 16.1. The van der Waals surface area contributed by atoms with Crippen molar-refractivity contribution in [3.05, 3.63) is 51.7 Å². The average Bonchev–Trinajstić information content (AvgIpc) is 2.46. The third kappa shape index (κ3) is 4.35. The molecule has 22 heavy (non-hydrogen) atoms. The van der Waals surface area contributed by atoms with Gasteiger partial charge in [-0.2, -0.15) is 0 Å². The van der Waals surface area contributed by atoms with Gasteiger partial charge in [0.25, 0.3) is 5.91 Å². The molecule has 0 saturated heterocycles. The summed E-state index contributed by atoms with van der Waals surface area (Å²) in [4.78, 5) is 11.9. The van der Waals surface area contributed by atoms with Gasteiger partial charge in [0.05, 0.1) is 17.3 Å². The first-order valence-corrected chi connectivity index (χ1v) is 7.38. The molecule has 116 valence electrons. The number of nitrogens with one attached hydrogen (secondary N) is 1. The van der Waals surface area contributed by atoms with E-state index in [1.807, 2.05) is 0 Å². The number of rotatable bonds is 5. The molecule has 0 spiro atoms. The molecule has 0 heterocycles. The van der Waals surface area contributed by atoms with E-state index < -0.39 is 11.7 Å². The molecule has 0 aliphatic rings. The largest absolute Gasteiger partial charge is 0.495 e. The lowest BCUT2D eigenvalue weighted by Gasteiger charge is -2.12. The molecule has 0 unspecified atom stereocenters. The van der Waals surface area contributed by atoms with Crippen molar-refractivity contribution in [3.8, 4) is 11.5 Å². The van der Waals surface area contributed by atoms with Crippen LogP contribution in [0.25, 0.3) is 0 Å². The van der Waals surface area contributed by atoms with Gasteiger partial charge in [0.15, 0.2) is 6.61 Å². The number of hydrogen-bond donors (Lipinski definition) is 1. The van der Waals surface area contributed by atoms with Crippen molar-refractivity contribution >= 4 is 39.1 Å². The van der Waals surface area contributed by atoms with Crippen LogP contribution in [0.3, 0.4) is 0 Å². The Morgan fingerprint density at radius 1 is 1.27 bits per heavy atom. The fourth-order valence-electron chi connectivity index (χ4n) is 1.70. The maximum atomic E-state index is 13.0. The summed E-state index contributed by atoms with van der Waals surface area (Å²) in [6.45, 7) is -0.236. The highest BCUT2D eigenvalue weighted by Gasteiger charge is 2.10. The van der Waals surface area contributed by atoms with Crippen LogP contribution in [0.1, 0.15) is 0 Å². The fourth-order valence-corrected chi connectivity index (χ4v) is 2.34. The second-order valence-corrected chi connectivity index (χ2v) is 5.55. The highest BCUT2D eigenvalue weighted by Crippen LogP contribution is 2.28. The Labute approximate surface area is 140 Å². The maximum absolute atomic E-state index is 13.0. The molecule has 0 aliphatic carbocycles. The van der Waals surface area contributed by atoms with Crippen molar-refractivity contribution in [3.63, 3.8) is 0 Å². The van der Waals surface area contributed by atoms with Gasteiger partial charge in [-0.1, -0.05) is 11.6 Å². The van der Waals surface area contributed by atoms with Crippen LogP contribution in [0.2, 0.25) is 5.02 Å². The monoisotopic (exact) mass is 387 g/mol. The number of anilines is 1. The van der Waals surface area contributed by atoms with Crippen LogP contribution in [0.5, 0.6) is 11.5 Å². The van der Waals surface area contributed by atoms with E-state index in [1.54, 1.807) is 18.2 Å². The Kier molecular flexibility index (Phi) is 5.63. The van der Waals surface area contributed by atoms with Gasteiger partial charge >= 0.3 is 0 Å². The van der Waals surface area contributed by atoms with Gasteiger partial charge < -0.3 is 14.8 Å². The van der Waals surface area contributed by atoms with E-state index in [1.165, 1.54) is 25.3 Å². The van der Waals surface area contributed by atoms with E-state index in [0.717, 1.165) is 0 Å². The summed E-state index contributed by atoms with van der Waals surface area (Å²) in [5.74, 6) is 0.0689. The summed E-state index contributed by atoms with van der Waals surface area (Å²) in [6, 6.07) is 8.82. The standard InChI is InChI=1S/C15H12BrClFNO3/c1-21-14-4-2-9(17)6-12(14)19-15(20)8-22-13-5-3-10(18)7-11(13)16/h2-7H,8H2,1H3,(H,19,20). The fraction of sp³-hybridized carbons (Fsp3) is 0.133. The van der Waals surface area contributed by atoms with E-state index in [-0.39, 0.29) is 6.61 Å². The molecule has 0 aromatic heterocycles. The van der Waals surface area contributed by atoms with Gasteiger partial charge in [0.1, 0.15) is 17.3 Å². The Hall–Kier alpha value is -1.79. The summed E-state index contributed by atoms with van der Waals surface area (Å²) in [5, 5.41) is 3.11. The number of halogens is 3. The minimum Gasteiger partial charge on any atom is -0.495 e. The van der Waals surface area contributed by atoms with Crippen LogP contribution in [-0.4, -0.2) is 19.6 Å². The molecule has 2 aromatic carbocycles. The van der Waals surface area contributed by atoms with Gasteiger partial charge in [-0.05, 0) is 52.3 Å². The molecule has 4 nitrogen and oxygen atoms in total. The molecular formula is C15H12BrClFNO3. The van der Waals surface area contributed by atoms with Gasteiger partial charge in [-0.15, -0.1) is 0 Å². The first-order chi connectivity index (χ1) is 10.5. The number of carbonyl (C=O) groups is 1. The van der Waals surface area contributed by atoms with Gasteiger partial charge in [-0.3, -0.25) is 4.79 Å². The van der Waals surface area contributed by atoms with Crippen molar-refractivity contribution in [2.45, 2.75) is 0 Å². The van der Waals surface area contributed by atoms with E-state index in [4.69, 9.17) is 21.1 Å². The van der Waals surface area contributed by atoms with E-state index in [0.29, 0.717) is 26.7 Å². The average molecular weight is 389 g/mol. The van der Waals surface area contributed by atoms with Crippen molar-refractivity contribution in [2.24, 2.45) is 0 Å². The summed E-state index contributed by atoms with van der Waals surface area (Å²) >= 11 is 9.05. The number of benzene rings is 2. The van der Waals surface area contributed by atoms with Crippen molar-refractivity contribution in [1.29, 1.82) is 0 Å². The molecule has 0 fully saturated rings. The zero-order valence-corrected chi connectivity index (χ0v) is 13.9. The molecule has 1 N–H and O–H groups in total. The molecule has 0 radical (unpaired) electrons. The molecule has 0 aliphatic heterocycles. The number of methoxy groups -OCH3 is 1. The molecule has 2 rings (SSSR count). The van der Waals surface area contributed by atoms with Crippen LogP contribution in [0.4, 0.5) is 10.1 Å². The van der Waals surface area contributed by atoms with Crippen LogP contribution in [0.15, 0.2) is 40.9 Å². The third-order valence-electron chi connectivity index (χ3n) is 2.69. The van der Waals surface area contributed by atoms with Crippen molar-refractivity contribution < 1.29 is 18.7 Å². The Morgan fingerprint density at radius 2 is 2.00 bits per heavy atom. The van der Waals surface area contributed by atoms with Crippen LogP contribution >= 0.6 is 27.5 Å². The molecule has 2 aromatic rings. The SMILES string of the molecule is COc1ccc(Cl)cc1NC(=O)COc1ccc(F)cc1Br. The molecule has 1 amide bonds. The second kappa shape index (κ2) is 7.47. The minimum absolute atomic E-state index is 0.236.